The smallest absolute Gasteiger partial charge is 0.133 e. The number of piperidine rings is 2. The van der Waals surface area contributed by atoms with Crippen LogP contribution in [0.15, 0.2) is 55.3 Å². The van der Waals surface area contributed by atoms with Gasteiger partial charge in [0.2, 0.25) is 0 Å². The highest BCUT2D eigenvalue weighted by molar-refractivity contribution is 5.70. The first-order valence-electron chi connectivity index (χ1n) is 13.9. The maximum Gasteiger partial charge on any atom is 0.133 e. The molecule has 0 radical (unpaired) electrons. The van der Waals surface area contributed by atoms with E-state index in [-0.39, 0.29) is 17.7 Å². The lowest BCUT2D eigenvalue weighted by atomic mass is 9.89. The third-order valence-electron chi connectivity index (χ3n) is 8.07. The van der Waals surface area contributed by atoms with E-state index in [4.69, 9.17) is 5.73 Å². The Hall–Kier alpha value is -2.73. The quantitative estimate of drug-likeness (QED) is 0.372. The van der Waals surface area contributed by atoms with Gasteiger partial charge in [0.1, 0.15) is 17.3 Å². The summed E-state index contributed by atoms with van der Waals surface area (Å²) in [7, 11) is 0. The minimum absolute atomic E-state index is 0.0354. The van der Waals surface area contributed by atoms with Crippen LogP contribution in [0.4, 0.5) is 13.2 Å². The highest BCUT2D eigenvalue weighted by Crippen LogP contribution is 2.32. The fourth-order valence-corrected chi connectivity index (χ4v) is 5.98. The highest BCUT2D eigenvalue weighted by Gasteiger charge is 2.27. The molecule has 6 heteroatoms. The Morgan fingerprint density at radius 1 is 0.947 bits per heavy atom. The molecule has 0 bridgehead atoms. The van der Waals surface area contributed by atoms with E-state index in [1.54, 1.807) is 19.9 Å². The van der Waals surface area contributed by atoms with E-state index in [0.29, 0.717) is 52.5 Å². The van der Waals surface area contributed by atoms with Gasteiger partial charge in [0.05, 0.1) is 6.04 Å². The van der Waals surface area contributed by atoms with Crippen LogP contribution in [-0.2, 0) is 6.42 Å². The number of rotatable bonds is 9. The minimum atomic E-state index is -1.18. The molecule has 0 saturated carbocycles. The predicted octanol–water partition coefficient (Wildman–Crippen LogP) is 7.32. The third kappa shape index (κ3) is 7.02. The van der Waals surface area contributed by atoms with Crippen molar-refractivity contribution in [3.63, 3.8) is 0 Å². The summed E-state index contributed by atoms with van der Waals surface area (Å²) in [5.74, 6) is -0.115. The molecule has 2 aliphatic heterocycles. The molecule has 0 amide bonds. The van der Waals surface area contributed by atoms with Crippen molar-refractivity contribution in [1.82, 2.24) is 9.80 Å². The molecule has 206 valence electrons. The highest BCUT2D eigenvalue weighted by atomic mass is 19.1. The zero-order valence-corrected chi connectivity index (χ0v) is 22.9. The van der Waals surface area contributed by atoms with E-state index in [2.05, 4.69) is 18.1 Å². The van der Waals surface area contributed by atoms with Crippen LogP contribution < -0.4 is 5.73 Å². The number of likely N-dealkylation sites (tertiary alicyclic amines) is 2. The van der Waals surface area contributed by atoms with Gasteiger partial charge in [0.15, 0.2) is 0 Å². The van der Waals surface area contributed by atoms with Crippen molar-refractivity contribution in [2.45, 2.75) is 70.5 Å². The van der Waals surface area contributed by atoms with Crippen molar-refractivity contribution in [1.29, 1.82) is 0 Å². The number of benzene rings is 2. The zero-order valence-electron chi connectivity index (χ0n) is 22.9. The van der Waals surface area contributed by atoms with E-state index in [9.17, 15) is 4.39 Å². The lowest BCUT2D eigenvalue weighted by Gasteiger charge is -2.39. The molecule has 2 saturated heterocycles. The molecular formula is C32H42F3N3. The van der Waals surface area contributed by atoms with E-state index in [1.807, 2.05) is 23.1 Å². The van der Waals surface area contributed by atoms with E-state index < -0.39 is 5.67 Å². The van der Waals surface area contributed by atoms with Gasteiger partial charge in [-0.25, -0.2) is 13.2 Å². The van der Waals surface area contributed by atoms with Crippen molar-refractivity contribution in [3.8, 4) is 11.1 Å². The molecule has 2 aromatic carbocycles. The molecule has 2 aliphatic rings. The summed E-state index contributed by atoms with van der Waals surface area (Å²) in [5, 5.41) is 0. The maximum absolute atomic E-state index is 15.2. The van der Waals surface area contributed by atoms with Crippen molar-refractivity contribution < 1.29 is 13.2 Å². The molecule has 2 heterocycles. The average Bonchev–Trinajstić information content (AvgIpc) is 2.87. The van der Waals surface area contributed by atoms with E-state index >= 15 is 8.78 Å². The zero-order chi connectivity index (χ0) is 27.4. The molecule has 2 N–H and O–H groups in total. The first-order valence-corrected chi connectivity index (χ1v) is 13.9. The fraction of sp³-hybridized carbons (Fsp3) is 0.500. The Kier molecular flexibility index (Phi) is 8.92. The van der Waals surface area contributed by atoms with Gasteiger partial charge in [0.25, 0.3) is 0 Å². The predicted molar refractivity (Wildman–Crippen MR) is 151 cm³/mol. The molecule has 0 aromatic heterocycles. The number of nitrogens with zero attached hydrogens (tertiary/aromatic N) is 2. The second kappa shape index (κ2) is 12.0. The second-order valence-electron chi connectivity index (χ2n) is 11.7. The SMILES string of the molecule is C=C(N)C1CCCCN1C(=C)c1ccc(-c2ccc(CCC3CCN(CC(C)(C)F)CC3)c(F)c2)cc1F. The molecule has 0 spiro atoms. The number of aryl methyl sites for hydroxylation is 1. The first-order chi connectivity index (χ1) is 18.0. The van der Waals surface area contributed by atoms with Gasteiger partial charge in [-0.05, 0) is 113 Å². The molecule has 1 unspecified atom stereocenters. The van der Waals surface area contributed by atoms with Gasteiger partial charge >= 0.3 is 0 Å². The summed E-state index contributed by atoms with van der Waals surface area (Å²) in [6.07, 6.45) is 6.57. The standard InChI is InChI=1S/C32H42F3N3/c1-22(36)31-7-5-6-16-38(31)23(2)28-13-12-27(20-30(28)34)26-11-10-25(29(33)19-26)9-8-24-14-17-37(18-15-24)21-32(3,4)35/h10-13,19-20,24,31H,1-2,5-9,14-18,21,36H2,3-4H3. The molecule has 2 fully saturated rings. The molecule has 38 heavy (non-hydrogen) atoms. The van der Waals surface area contributed by atoms with Gasteiger partial charge in [-0.2, -0.15) is 0 Å². The first kappa shape index (κ1) is 28.3. The summed E-state index contributed by atoms with van der Waals surface area (Å²) < 4.78 is 44.2. The van der Waals surface area contributed by atoms with E-state index in [0.717, 1.165) is 58.2 Å². The normalized spacial score (nSPS) is 19.5. The molecular weight excluding hydrogens is 483 g/mol. The largest absolute Gasteiger partial charge is 0.401 e. The lowest BCUT2D eigenvalue weighted by Crippen LogP contribution is -2.41. The summed E-state index contributed by atoms with van der Waals surface area (Å²) >= 11 is 0. The van der Waals surface area contributed by atoms with Gasteiger partial charge in [0, 0.05) is 30.0 Å². The number of alkyl halides is 1. The van der Waals surface area contributed by atoms with Crippen molar-refractivity contribution in [2.24, 2.45) is 11.7 Å². The summed E-state index contributed by atoms with van der Waals surface area (Å²) in [6, 6.07) is 10.2. The third-order valence-corrected chi connectivity index (χ3v) is 8.07. The summed E-state index contributed by atoms with van der Waals surface area (Å²) in [5.41, 5.74) is 8.40. The molecule has 4 rings (SSSR count). The Labute approximate surface area is 226 Å². The van der Waals surface area contributed by atoms with Gasteiger partial charge in [-0.3, -0.25) is 0 Å². The van der Waals surface area contributed by atoms with Crippen LogP contribution in [0.2, 0.25) is 0 Å². The van der Waals surface area contributed by atoms with E-state index in [1.165, 1.54) is 12.1 Å². The van der Waals surface area contributed by atoms with Crippen LogP contribution in [0, 0.1) is 17.6 Å². The van der Waals surface area contributed by atoms with Crippen LogP contribution in [0.1, 0.15) is 63.5 Å². The van der Waals surface area contributed by atoms with Crippen LogP contribution >= 0.6 is 0 Å². The Bertz CT molecular complexity index is 1150. The fourth-order valence-electron chi connectivity index (χ4n) is 5.98. The number of nitrogens with two attached hydrogens (primary N) is 1. The summed E-state index contributed by atoms with van der Waals surface area (Å²) in [6.45, 7) is 14.3. The van der Waals surface area contributed by atoms with Crippen molar-refractivity contribution >= 4 is 5.70 Å². The number of hydrogen-bond acceptors (Lipinski definition) is 3. The minimum Gasteiger partial charge on any atom is -0.401 e. The molecule has 3 nitrogen and oxygen atoms in total. The van der Waals surface area contributed by atoms with Gasteiger partial charge in [-0.15, -0.1) is 0 Å². The van der Waals surface area contributed by atoms with Crippen LogP contribution in [0.5, 0.6) is 0 Å². The van der Waals surface area contributed by atoms with Crippen LogP contribution in [0.25, 0.3) is 16.8 Å². The number of halogens is 3. The van der Waals surface area contributed by atoms with Gasteiger partial charge in [-0.1, -0.05) is 31.4 Å². The topological polar surface area (TPSA) is 32.5 Å². The van der Waals surface area contributed by atoms with Gasteiger partial charge < -0.3 is 15.5 Å². The number of hydrogen-bond donors (Lipinski definition) is 1. The monoisotopic (exact) mass is 525 g/mol. The van der Waals surface area contributed by atoms with Crippen molar-refractivity contribution in [2.75, 3.05) is 26.2 Å². The Morgan fingerprint density at radius 3 is 2.21 bits per heavy atom. The maximum atomic E-state index is 15.2. The summed E-state index contributed by atoms with van der Waals surface area (Å²) in [4.78, 5) is 4.23. The molecule has 2 aromatic rings. The second-order valence-corrected chi connectivity index (χ2v) is 11.7. The van der Waals surface area contributed by atoms with Crippen LogP contribution in [-0.4, -0.2) is 47.7 Å². The molecule has 0 aliphatic carbocycles. The van der Waals surface area contributed by atoms with Crippen molar-refractivity contribution in [3.05, 3.63) is 78.0 Å². The lowest BCUT2D eigenvalue weighted by molar-refractivity contribution is 0.0942. The Morgan fingerprint density at radius 2 is 1.61 bits per heavy atom. The molecule has 1 atom stereocenters. The average molecular weight is 526 g/mol. The Balaban J connectivity index is 1.37. The van der Waals surface area contributed by atoms with Crippen LogP contribution in [0.3, 0.4) is 0 Å².